The number of carbonyl (C=O) groups excluding carboxylic acids is 1. The van der Waals surface area contributed by atoms with Crippen LogP contribution in [0.5, 0.6) is 0 Å². The van der Waals surface area contributed by atoms with Crippen LogP contribution in [0.4, 0.5) is 0 Å². The summed E-state index contributed by atoms with van der Waals surface area (Å²) in [5, 5.41) is 12.4. The molecule has 4 heteroatoms. The van der Waals surface area contributed by atoms with Crippen LogP contribution in [-0.2, 0) is 4.79 Å². The molecule has 0 aliphatic heterocycles. The van der Waals surface area contributed by atoms with E-state index in [1.165, 1.54) is 0 Å². The molecule has 0 spiro atoms. The molecule has 1 rings (SSSR count). The van der Waals surface area contributed by atoms with Crippen molar-refractivity contribution in [1.29, 1.82) is 0 Å². The first-order valence-corrected chi connectivity index (χ1v) is 6.42. The number of aliphatic hydroxyl groups excluding tert-OH is 1. The first-order valence-electron chi connectivity index (χ1n) is 5.13. The molecule has 3 atom stereocenters. The fourth-order valence-corrected chi connectivity index (χ4v) is 2.04. The zero-order valence-corrected chi connectivity index (χ0v) is 9.64. The highest BCUT2D eigenvalue weighted by Gasteiger charge is 2.25. The van der Waals surface area contributed by atoms with Gasteiger partial charge >= 0.3 is 0 Å². The van der Waals surface area contributed by atoms with Gasteiger partial charge in [-0.2, -0.15) is 11.8 Å². The minimum Gasteiger partial charge on any atom is -0.393 e. The van der Waals surface area contributed by atoms with Crippen molar-refractivity contribution < 1.29 is 9.90 Å². The van der Waals surface area contributed by atoms with Crippen LogP contribution in [0.3, 0.4) is 0 Å². The molecule has 82 valence electrons. The smallest absolute Gasteiger partial charge is 0.232 e. The minimum atomic E-state index is -0.208. The van der Waals surface area contributed by atoms with E-state index in [9.17, 15) is 9.90 Å². The molecule has 1 amide bonds. The summed E-state index contributed by atoms with van der Waals surface area (Å²) < 4.78 is 0. The van der Waals surface area contributed by atoms with E-state index >= 15 is 0 Å². The van der Waals surface area contributed by atoms with Gasteiger partial charge in [0, 0.05) is 12.5 Å². The van der Waals surface area contributed by atoms with Gasteiger partial charge in [0.15, 0.2) is 0 Å². The maximum atomic E-state index is 11.4. The van der Waals surface area contributed by atoms with Gasteiger partial charge in [-0.25, -0.2) is 0 Å². The Hall–Kier alpha value is -0.220. The molecule has 0 aromatic heterocycles. The summed E-state index contributed by atoms with van der Waals surface area (Å²) in [7, 11) is 0. The molecule has 1 fully saturated rings. The zero-order valence-electron chi connectivity index (χ0n) is 8.82. The molecule has 0 aromatic rings. The van der Waals surface area contributed by atoms with Gasteiger partial charge in [-0.15, -0.1) is 0 Å². The van der Waals surface area contributed by atoms with Gasteiger partial charge in [-0.05, 0) is 26.0 Å². The van der Waals surface area contributed by atoms with E-state index in [0.29, 0.717) is 6.54 Å². The third-order valence-electron chi connectivity index (χ3n) is 2.88. The molecule has 14 heavy (non-hydrogen) atoms. The molecule has 1 aliphatic rings. The Balaban J connectivity index is 2.22. The molecule has 3 unspecified atom stereocenters. The molecule has 0 heterocycles. The van der Waals surface area contributed by atoms with Crippen molar-refractivity contribution in [3.8, 4) is 0 Å². The molecule has 3 nitrogen and oxygen atoms in total. The third-order valence-corrected chi connectivity index (χ3v) is 3.80. The number of nitrogens with one attached hydrogen (secondary N) is 1. The lowest BCUT2D eigenvalue weighted by atomic mass is 10.1. The number of rotatable bonds is 4. The second-order valence-corrected chi connectivity index (χ2v) is 5.06. The summed E-state index contributed by atoms with van der Waals surface area (Å²) in [5.41, 5.74) is 0. The van der Waals surface area contributed by atoms with Crippen LogP contribution in [-0.4, -0.2) is 35.2 Å². The normalized spacial score (nSPS) is 28.8. The summed E-state index contributed by atoms with van der Waals surface area (Å²) in [4.78, 5) is 11.4. The van der Waals surface area contributed by atoms with Gasteiger partial charge in [-0.1, -0.05) is 6.42 Å². The summed E-state index contributed by atoms with van der Waals surface area (Å²) in [6, 6.07) is 0. The van der Waals surface area contributed by atoms with Crippen LogP contribution in [0.25, 0.3) is 0 Å². The fourth-order valence-electron chi connectivity index (χ4n) is 1.74. The van der Waals surface area contributed by atoms with Gasteiger partial charge in [0.2, 0.25) is 5.91 Å². The SMILES string of the molecule is CSC(C)C(=O)NCC1CCCC1O. The summed E-state index contributed by atoms with van der Waals surface area (Å²) in [6.45, 7) is 2.52. The fraction of sp³-hybridized carbons (Fsp3) is 0.900. The second kappa shape index (κ2) is 5.61. The maximum Gasteiger partial charge on any atom is 0.232 e. The van der Waals surface area contributed by atoms with E-state index in [-0.39, 0.29) is 23.2 Å². The monoisotopic (exact) mass is 217 g/mol. The van der Waals surface area contributed by atoms with E-state index in [1.54, 1.807) is 11.8 Å². The largest absolute Gasteiger partial charge is 0.393 e. The average Bonchev–Trinajstić information content (AvgIpc) is 2.59. The van der Waals surface area contributed by atoms with Gasteiger partial charge < -0.3 is 10.4 Å². The van der Waals surface area contributed by atoms with Crippen molar-refractivity contribution in [2.24, 2.45) is 5.92 Å². The number of hydrogen-bond acceptors (Lipinski definition) is 3. The second-order valence-electron chi connectivity index (χ2n) is 3.88. The predicted octanol–water partition coefficient (Wildman–Crippen LogP) is 1.02. The molecule has 1 aliphatic carbocycles. The quantitative estimate of drug-likeness (QED) is 0.739. The van der Waals surface area contributed by atoms with E-state index in [0.717, 1.165) is 19.3 Å². The Kier molecular flexibility index (Phi) is 4.75. The molecule has 0 saturated heterocycles. The van der Waals surface area contributed by atoms with Gasteiger partial charge in [0.25, 0.3) is 0 Å². The highest BCUT2D eigenvalue weighted by molar-refractivity contribution is 7.99. The first-order chi connectivity index (χ1) is 6.65. The topological polar surface area (TPSA) is 49.3 Å². The standard InChI is InChI=1S/C10H19NO2S/c1-7(14-2)10(13)11-6-8-4-3-5-9(8)12/h7-9,12H,3-6H2,1-2H3,(H,11,13). The average molecular weight is 217 g/mol. The van der Waals surface area contributed by atoms with E-state index in [4.69, 9.17) is 0 Å². The lowest BCUT2D eigenvalue weighted by molar-refractivity contribution is -0.120. The van der Waals surface area contributed by atoms with Crippen LogP contribution >= 0.6 is 11.8 Å². The zero-order chi connectivity index (χ0) is 10.6. The van der Waals surface area contributed by atoms with Crippen molar-refractivity contribution in [1.82, 2.24) is 5.32 Å². The third kappa shape index (κ3) is 3.17. The van der Waals surface area contributed by atoms with Gasteiger partial charge in [0.05, 0.1) is 11.4 Å². The maximum absolute atomic E-state index is 11.4. The predicted molar refractivity (Wildman–Crippen MR) is 59.3 cm³/mol. The van der Waals surface area contributed by atoms with E-state index in [1.807, 2.05) is 13.2 Å². The number of hydrogen-bond donors (Lipinski definition) is 2. The Bertz CT molecular complexity index is 199. The Labute approximate surface area is 89.6 Å². The Morgan fingerprint density at radius 3 is 2.86 bits per heavy atom. The molecule has 0 bridgehead atoms. The van der Waals surface area contributed by atoms with Crippen LogP contribution in [0.1, 0.15) is 26.2 Å². The van der Waals surface area contributed by atoms with Gasteiger partial charge in [0.1, 0.15) is 0 Å². The molecule has 1 saturated carbocycles. The van der Waals surface area contributed by atoms with Crippen molar-refractivity contribution in [3.05, 3.63) is 0 Å². The molecule has 0 aromatic carbocycles. The molecule has 0 radical (unpaired) electrons. The van der Waals surface area contributed by atoms with E-state index in [2.05, 4.69) is 5.32 Å². The van der Waals surface area contributed by atoms with Crippen LogP contribution < -0.4 is 5.32 Å². The van der Waals surface area contributed by atoms with E-state index < -0.39 is 0 Å². The first kappa shape index (κ1) is 11.9. The minimum absolute atomic E-state index is 0.00791. The summed E-state index contributed by atoms with van der Waals surface area (Å²) >= 11 is 1.54. The van der Waals surface area contributed by atoms with Crippen molar-refractivity contribution >= 4 is 17.7 Å². The lowest BCUT2D eigenvalue weighted by Crippen LogP contribution is -2.36. The number of amides is 1. The number of thioether (sulfide) groups is 1. The molecular weight excluding hydrogens is 198 g/mol. The molecular formula is C10H19NO2S. The summed E-state index contributed by atoms with van der Waals surface area (Å²) in [6.07, 6.45) is 4.72. The van der Waals surface area contributed by atoms with Crippen LogP contribution in [0, 0.1) is 5.92 Å². The van der Waals surface area contributed by atoms with Crippen molar-refractivity contribution in [2.75, 3.05) is 12.8 Å². The Morgan fingerprint density at radius 1 is 1.64 bits per heavy atom. The number of carbonyl (C=O) groups is 1. The van der Waals surface area contributed by atoms with Crippen LogP contribution in [0.15, 0.2) is 0 Å². The highest BCUT2D eigenvalue weighted by Crippen LogP contribution is 2.24. The Morgan fingerprint density at radius 2 is 2.36 bits per heavy atom. The van der Waals surface area contributed by atoms with Crippen molar-refractivity contribution in [3.63, 3.8) is 0 Å². The van der Waals surface area contributed by atoms with Crippen molar-refractivity contribution in [2.45, 2.75) is 37.5 Å². The summed E-state index contributed by atoms with van der Waals surface area (Å²) in [5.74, 6) is 0.351. The highest BCUT2D eigenvalue weighted by atomic mass is 32.2. The number of aliphatic hydroxyl groups is 1. The van der Waals surface area contributed by atoms with Crippen LogP contribution in [0.2, 0.25) is 0 Å². The lowest BCUT2D eigenvalue weighted by Gasteiger charge is -2.16. The molecule has 2 N–H and O–H groups in total. The van der Waals surface area contributed by atoms with Gasteiger partial charge in [-0.3, -0.25) is 4.79 Å².